The van der Waals surface area contributed by atoms with Crippen LogP contribution in [-0.2, 0) is 20.2 Å². The highest BCUT2D eigenvalue weighted by atomic mass is 32.2. The predicted molar refractivity (Wildman–Crippen MR) is 146 cm³/mol. The molecule has 2 heterocycles. The minimum absolute atomic E-state index is 0. The lowest BCUT2D eigenvalue weighted by molar-refractivity contribution is -0.118. The molecule has 0 unspecified atom stereocenters. The standard InChI is InChI=1S/C29H31N3O5S.H2/c1-2-16-32(18-20-6-7-20)38(34,35)23-11-8-21(9-12-23)24-4-3-5-27(30-24)31-28(33)29(14-15-29)22-10-13-25-26(17-22)37-19-36-25;/h3-5,8-13,17,20H,2,6-7,14-16,18-19H2,1H3,(H,30,31,33);1H. The number of benzene rings is 2. The van der Waals surface area contributed by atoms with Crippen molar-refractivity contribution in [2.24, 2.45) is 5.92 Å². The quantitative estimate of drug-likeness (QED) is 0.383. The Bertz CT molecular complexity index is 1470. The van der Waals surface area contributed by atoms with Gasteiger partial charge in [0.25, 0.3) is 0 Å². The number of anilines is 1. The molecule has 2 fully saturated rings. The fraction of sp³-hybridized carbons (Fsp3) is 0.379. The minimum Gasteiger partial charge on any atom is -0.454 e. The lowest BCUT2D eigenvalue weighted by atomic mass is 9.94. The summed E-state index contributed by atoms with van der Waals surface area (Å²) in [5.41, 5.74) is 1.75. The van der Waals surface area contributed by atoms with E-state index in [-0.39, 0.29) is 14.1 Å². The third-order valence-corrected chi connectivity index (χ3v) is 9.40. The van der Waals surface area contributed by atoms with Crippen LogP contribution in [0, 0.1) is 5.92 Å². The molecular weight excluding hydrogens is 502 g/mol. The molecule has 200 valence electrons. The van der Waals surface area contributed by atoms with Crippen molar-refractivity contribution in [1.82, 2.24) is 9.29 Å². The van der Waals surface area contributed by atoms with Crippen LogP contribution in [0.15, 0.2) is 65.6 Å². The summed E-state index contributed by atoms with van der Waals surface area (Å²) < 4.78 is 39.0. The summed E-state index contributed by atoms with van der Waals surface area (Å²) >= 11 is 0. The number of carbonyl (C=O) groups excluding carboxylic acids is 1. The molecule has 2 aliphatic carbocycles. The van der Waals surface area contributed by atoms with E-state index in [4.69, 9.17) is 9.47 Å². The average molecular weight is 536 g/mol. The van der Waals surface area contributed by atoms with E-state index in [0.29, 0.717) is 46.9 Å². The van der Waals surface area contributed by atoms with E-state index >= 15 is 0 Å². The fourth-order valence-corrected chi connectivity index (χ4v) is 6.57. The van der Waals surface area contributed by atoms with E-state index in [9.17, 15) is 13.2 Å². The van der Waals surface area contributed by atoms with Gasteiger partial charge in [-0.25, -0.2) is 13.4 Å². The first-order chi connectivity index (χ1) is 18.4. The first-order valence-electron chi connectivity index (χ1n) is 13.2. The molecule has 0 bridgehead atoms. The van der Waals surface area contributed by atoms with Crippen molar-refractivity contribution in [3.05, 3.63) is 66.2 Å². The molecule has 1 N–H and O–H groups in total. The van der Waals surface area contributed by atoms with Crippen molar-refractivity contribution >= 4 is 21.7 Å². The third-order valence-electron chi connectivity index (χ3n) is 7.52. The summed E-state index contributed by atoms with van der Waals surface area (Å²) in [6.45, 7) is 3.31. The molecule has 0 saturated heterocycles. The zero-order valence-corrected chi connectivity index (χ0v) is 22.2. The zero-order chi connectivity index (χ0) is 26.3. The van der Waals surface area contributed by atoms with Gasteiger partial charge in [0, 0.05) is 20.1 Å². The monoisotopic (exact) mass is 535 g/mol. The molecule has 3 aromatic rings. The molecule has 3 aliphatic rings. The smallest absolute Gasteiger partial charge is 0.243 e. The van der Waals surface area contributed by atoms with E-state index < -0.39 is 15.4 Å². The Morgan fingerprint density at radius 3 is 2.55 bits per heavy atom. The van der Waals surface area contributed by atoms with Crippen LogP contribution in [0.4, 0.5) is 5.82 Å². The molecule has 0 radical (unpaired) electrons. The van der Waals surface area contributed by atoms with Gasteiger partial charge in [-0.3, -0.25) is 4.79 Å². The molecule has 0 spiro atoms. The second kappa shape index (κ2) is 9.71. The van der Waals surface area contributed by atoms with Gasteiger partial charge in [0.2, 0.25) is 22.7 Å². The second-order valence-corrected chi connectivity index (χ2v) is 12.3. The largest absolute Gasteiger partial charge is 0.454 e. The second-order valence-electron chi connectivity index (χ2n) is 10.3. The van der Waals surface area contributed by atoms with Crippen molar-refractivity contribution < 1.29 is 24.1 Å². The van der Waals surface area contributed by atoms with Crippen LogP contribution in [0.5, 0.6) is 11.5 Å². The van der Waals surface area contributed by atoms with Crippen molar-refractivity contribution in [2.75, 3.05) is 25.2 Å². The van der Waals surface area contributed by atoms with Crippen molar-refractivity contribution in [1.29, 1.82) is 0 Å². The maximum atomic E-state index is 13.3. The van der Waals surface area contributed by atoms with Crippen molar-refractivity contribution in [3.63, 3.8) is 0 Å². The summed E-state index contributed by atoms with van der Waals surface area (Å²) in [4.78, 5) is 18.2. The van der Waals surface area contributed by atoms with Crippen LogP contribution in [0.2, 0.25) is 0 Å². The number of aromatic nitrogens is 1. The number of hydrogen-bond acceptors (Lipinski definition) is 6. The van der Waals surface area contributed by atoms with E-state index in [2.05, 4.69) is 10.3 Å². The SMILES string of the molecule is CCCN(CC1CC1)S(=O)(=O)c1ccc(-c2cccc(NC(=O)C3(c4ccc5c(c4)OCO5)CC3)n2)cc1.[HH]. The Labute approximate surface area is 224 Å². The van der Waals surface area contributed by atoms with Gasteiger partial charge in [0.15, 0.2) is 11.5 Å². The summed E-state index contributed by atoms with van der Waals surface area (Å²) in [7, 11) is -3.54. The molecule has 38 heavy (non-hydrogen) atoms. The van der Waals surface area contributed by atoms with Crippen LogP contribution in [0.1, 0.15) is 46.0 Å². The maximum Gasteiger partial charge on any atom is 0.243 e. The Kier molecular flexibility index (Phi) is 6.36. The molecule has 1 amide bonds. The number of amides is 1. The summed E-state index contributed by atoms with van der Waals surface area (Å²) in [6.07, 6.45) is 4.49. The van der Waals surface area contributed by atoms with E-state index in [1.165, 1.54) is 0 Å². The molecule has 2 aromatic carbocycles. The van der Waals surface area contributed by atoms with E-state index in [0.717, 1.165) is 43.2 Å². The highest BCUT2D eigenvalue weighted by Crippen LogP contribution is 2.51. The van der Waals surface area contributed by atoms with Crippen LogP contribution in [0.25, 0.3) is 11.3 Å². The Morgan fingerprint density at radius 2 is 1.84 bits per heavy atom. The van der Waals surface area contributed by atoms with Crippen LogP contribution >= 0.6 is 0 Å². The number of fused-ring (bicyclic) bond motifs is 1. The molecule has 2 saturated carbocycles. The molecule has 6 rings (SSSR count). The van der Waals surface area contributed by atoms with Gasteiger partial charge in [0.1, 0.15) is 5.82 Å². The first kappa shape index (κ1) is 24.9. The van der Waals surface area contributed by atoms with Crippen molar-refractivity contribution in [3.8, 4) is 22.8 Å². The number of hydrogen-bond donors (Lipinski definition) is 1. The molecule has 9 heteroatoms. The number of rotatable bonds is 10. The van der Waals surface area contributed by atoms with E-state index in [1.54, 1.807) is 34.6 Å². The lowest BCUT2D eigenvalue weighted by Crippen LogP contribution is -2.33. The Hall–Kier alpha value is -3.43. The fourth-order valence-electron chi connectivity index (χ4n) is 4.96. The van der Waals surface area contributed by atoms with Gasteiger partial charge in [-0.2, -0.15) is 4.31 Å². The maximum absolute atomic E-state index is 13.3. The van der Waals surface area contributed by atoms with Gasteiger partial charge in [-0.1, -0.05) is 31.2 Å². The lowest BCUT2D eigenvalue weighted by Gasteiger charge is -2.21. The van der Waals surface area contributed by atoms with Crippen molar-refractivity contribution in [2.45, 2.75) is 49.3 Å². The number of ether oxygens (including phenoxy) is 2. The van der Waals surface area contributed by atoms with Gasteiger partial charge in [0.05, 0.1) is 16.0 Å². The van der Waals surface area contributed by atoms with Gasteiger partial charge in [-0.05, 0) is 80.0 Å². The highest BCUT2D eigenvalue weighted by Gasteiger charge is 2.51. The van der Waals surface area contributed by atoms with Gasteiger partial charge >= 0.3 is 0 Å². The molecular formula is C29H33N3O5S. The molecule has 1 aliphatic heterocycles. The normalized spacial score (nSPS) is 17.4. The van der Waals surface area contributed by atoms with E-state index in [1.807, 2.05) is 37.3 Å². The number of pyridine rings is 1. The first-order valence-corrected chi connectivity index (χ1v) is 14.6. The van der Waals surface area contributed by atoms with Crippen LogP contribution < -0.4 is 14.8 Å². The zero-order valence-electron chi connectivity index (χ0n) is 21.4. The number of carbonyl (C=O) groups is 1. The Balaban J connectivity index is 0.00000308. The topological polar surface area (TPSA) is 97.8 Å². The third kappa shape index (κ3) is 4.76. The average Bonchev–Trinajstić information content (AvgIpc) is 3.86. The minimum atomic E-state index is -3.54. The summed E-state index contributed by atoms with van der Waals surface area (Å²) in [5.74, 6) is 2.19. The molecule has 1 aromatic heterocycles. The molecule has 0 atom stereocenters. The van der Waals surface area contributed by atoms with Gasteiger partial charge < -0.3 is 14.8 Å². The summed E-state index contributed by atoms with van der Waals surface area (Å²) in [6, 6.07) is 17.9. The number of nitrogens with one attached hydrogen (secondary N) is 1. The molecule has 8 nitrogen and oxygen atoms in total. The summed E-state index contributed by atoms with van der Waals surface area (Å²) in [5, 5.41) is 2.99. The Morgan fingerprint density at radius 1 is 1.08 bits per heavy atom. The van der Waals surface area contributed by atoms with Crippen LogP contribution in [-0.4, -0.2) is 43.5 Å². The number of nitrogens with zero attached hydrogens (tertiary/aromatic N) is 2. The van der Waals surface area contributed by atoms with Gasteiger partial charge in [-0.15, -0.1) is 0 Å². The highest BCUT2D eigenvalue weighted by molar-refractivity contribution is 7.89. The van der Waals surface area contributed by atoms with Crippen LogP contribution in [0.3, 0.4) is 0 Å². The number of sulfonamides is 1. The predicted octanol–water partition coefficient (Wildman–Crippen LogP) is 5.20.